The van der Waals surface area contributed by atoms with Crippen LogP contribution in [0.25, 0.3) is 5.69 Å². The summed E-state index contributed by atoms with van der Waals surface area (Å²) in [6.45, 7) is 0.628. The van der Waals surface area contributed by atoms with Gasteiger partial charge in [-0.05, 0) is 43.5 Å². The summed E-state index contributed by atoms with van der Waals surface area (Å²) in [6.07, 6.45) is 3.21. The van der Waals surface area contributed by atoms with Crippen molar-refractivity contribution >= 4 is 5.91 Å². The topological polar surface area (TPSA) is 56.0 Å². The van der Waals surface area contributed by atoms with Crippen LogP contribution in [0.1, 0.15) is 46.9 Å². The highest BCUT2D eigenvalue weighted by Crippen LogP contribution is 2.32. The lowest BCUT2D eigenvalue weighted by Gasteiger charge is -2.35. The molecule has 6 nitrogen and oxygen atoms in total. The van der Waals surface area contributed by atoms with E-state index in [4.69, 9.17) is 0 Å². The lowest BCUT2D eigenvalue weighted by molar-refractivity contribution is -0.141. The zero-order chi connectivity index (χ0) is 20.6. The van der Waals surface area contributed by atoms with Crippen LogP contribution in [0.4, 0.5) is 13.2 Å². The first-order valence-corrected chi connectivity index (χ1v) is 9.36. The van der Waals surface area contributed by atoms with Gasteiger partial charge in [0, 0.05) is 37.1 Å². The van der Waals surface area contributed by atoms with Gasteiger partial charge in [-0.2, -0.15) is 23.4 Å². The summed E-state index contributed by atoms with van der Waals surface area (Å²) in [4.78, 5) is 15.1. The molecular formula is C20H20F3N5O. The first kappa shape index (κ1) is 19.2. The molecule has 9 heteroatoms. The van der Waals surface area contributed by atoms with Crippen LogP contribution in [0.3, 0.4) is 0 Å². The maximum Gasteiger partial charge on any atom is 0.435 e. The van der Waals surface area contributed by atoms with E-state index < -0.39 is 11.9 Å². The minimum absolute atomic E-state index is 0.0601. The number of hydrogen-bond donors (Lipinski definition) is 0. The fourth-order valence-corrected chi connectivity index (χ4v) is 3.70. The minimum Gasteiger partial charge on any atom is -0.331 e. The van der Waals surface area contributed by atoms with Gasteiger partial charge in [-0.25, -0.2) is 4.68 Å². The Morgan fingerprint density at radius 2 is 2.03 bits per heavy atom. The van der Waals surface area contributed by atoms with Crippen molar-refractivity contribution in [3.8, 4) is 5.69 Å². The van der Waals surface area contributed by atoms with E-state index >= 15 is 0 Å². The number of nitrogens with zero attached hydrogens (tertiary/aromatic N) is 5. The molecule has 0 bridgehead atoms. The number of amides is 1. The van der Waals surface area contributed by atoms with Gasteiger partial charge < -0.3 is 4.90 Å². The predicted octanol–water partition coefficient (Wildman–Crippen LogP) is 3.99. The number of alkyl halides is 3. The number of hydrogen-bond acceptors (Lipinski definition) is 3. The molecule has 1 saturated heterocycles. The van der Waals surface area contributed by atoms with Gasteiger partial charge in [0.25, 0.3) is 5.91 Å². The molecule has 0 N–H and O–H groups in total. The summed E-state index contributed by atoms with van der Waals surface area (Å²) < 4.78 is 41.3. The Hall–Kier alpha value is -3.10. The number of carbonyl (C=O) groups excluding carboxylic acids is 1. The second-order valence-electron chi connectivity index (χ2n) is 7.15. The van der Waals surface area contributed by atoms with E-state index in [0.29, 0.717) is 17.8 Å². The fraction of sp³-hybridized carbons (Fsp3) is 0.350. The largest absolute Gasteiger partial charge is 0.435 e. The number of aryl methyl sites for hydroxylation is 1. The third kappa shape index (κ3) is 3.90. The summed E-state index contributed by atoms with van der Waals surface area (Å²) in [7, 11) is 1.83. The Morgan fingerprint density at radius 1 is 1.21 bits per heavy atom. The second kappa shape index (κ2) is 7.38. The van der Waals surface area contributed by atoms with Crippen molar-refractivity contribution in [2.24, 2.45) is 7.05 Å². The predicted molar refractivity (Wildman–Crippen MR) is 99.4 cm³/mol. The lowest BCUT2D eigenvalue weighted by atomic mass is 9.96. The van der Waals surface area contributed by atoms with E-state index in [1.165, 1.54) is 6.20 Å². The van der Waals surface area contributed by atoms with Crippen LogP contribution in [0, 0.1) is 0 Å². The van der Waals surface area contributed by atoms with E-state index in [-0.39, 0.29) is 11.9 Å². The molecule has 0 spiro atoms. The van der Waals surface area contributed by atoms with E-state index in [2.05, 4.69) is 10.2 Å². The normalized spacial score (nSPS) is 17.5. The molecule has 2 aromatic heterocycles. The highest BCUT2D eigenvalue weighted by molar-refractivity contribution is 5.95. The zero-order valence-corrected chi connectivity index (χ0v) is 15.8. The van der Waals surface area contributed by atoms with E-state index in [1.807, 2.05) is 18.1 Å². The minimum atomic E-state index is -4.51. The molecule has 3 heterocycles. The van der Waals surface area contributed by atoms with Gasteiger partial charge in [-0.15, -0.1) is 0 Å². The second-order valence-corrected chi connectivity index (χ2v) is 7.15. The summed E-state index contributed by atoms with van der Waals surface area (Å²) in [5.41, 5.74) is 0.837. The monoisotopic (exact) mass is 403 g/mol. The van der Waals surface area contributed by atoms with Crippen molar-refractivity contribution in [2.75, 3.05) is 6.54 Å². The average molecular weight is 403 g/mol. The van der Waals surface area contributed by atoms with Gasteiger partial charge >= 0.3 is 6.18 Å². The van der Waals surface area contributed by atoms with Crippen molar-refractivity contribution in [3.05, 3.63) is 65.7 Å². The molecule has 4 rings (SSSR count). The molecule has 1 unspecified atom stereocenters. The van der Waals surface area contributed by atoms with Gasteiger partial charge in [0.2, 0.25) is 0 Å². The number of likely N-dealkylation sites (tertiary alicyclic amines) is 1. The van der Waals surface area contributed by atoms with Crippen molar-refractivity contribution < 1.29 is 18.0 Å². The van der Waals surface area contributed by atoms with Crippen molar-refractivity contribution in [2.45, 2.75) is 31.5 Å². The fourth-order valence-electron chi connectivity index (χ4n) is 3.70. The van der Waals surface area contributed by atoms with Gasteiger partial charge in [0.15, 0.2) is 5.69 Å². The SMILES string of the molecule is Cn1cc(C2CCCCN2C(=O)c2cccc(-n3ccc(C(F)(F)F)n3)c2)cn1. The molecule has 1 fully saturated rings. The lowest BCUT2D eigenvalue weighted by Crippen LogP contribution is -2.38. The molecule has 1 aromatic carbocycles. The highest BCUT2D eigenvalue weighted by Gasteiger charge is 2.34. The zero-order valence-electron chi connectivity index (χ0n) is 15.8. The van der Waals surface area contributed by atoms with Crippen molar-refractivity contribution in [3.63, 3.8) is 0 Å². The van der Waals surface area contributed by atoms with Gasteiger partial charge in [-0.3, -0.25) is 9.48 Å². The Bertz CT molecular complexity index is 1020. The Kier molecular flexibility index (Phi) is 4.89. The third-order valence-electron chi connectivity index (χ3n) is 5.11. The van der Waals surface area contributed by atoms with Crippen LogP contribution in [0.15, 0.2) is 48.9 Å². The number of piperidine rings is 1. The maximum absolute atomic E-state index is 13.2. The number of halogens is 3. The molecule has 1 amide bonds. The molecule has 0 aliphatic carbocycles. The average Bonchev–Trinajstić information content (AvgIpc) is 3.37. The highest BCUT2D eigenvalue weighted by atomic mass is 19.4. The standard InChI is InChI=1S/C20H20F3N5O/c1-26-13-15(12-24-26)17-7-2-3-9-27(17)19(29)14-5-4-6-16(11-14)28-10-8-18(25-28)20(21,22)23/h4-6,8,10-13,17H,2-3,7,9H2,1H3. The molecule has 1 aliphatic heterocycles. The van der Waals surface area contributed by atoms with Gasteiger partial charge in [0.05, 0.1) is 17.9 Å². The Balaban J connectivity index is 1.61. The Labute approximate surface area is 165 Å². The molecule has 3 aromatic rings. The molecule has 0 radical (unpaired) electrons. The van der Waals surface area contributed by atoms with Crippen LogP contribution in [0.5, 0.6) is 0 Å². The molecular weight excluding hydrogens is 383 g/mol. The van der Waals surface area contributed by atoms with E-state index in [0.717, 1.165) is 35.6 Å². The number of carbonyl (C=O) groups is 1. The number of aromatic nitrogens is 4. The summed E-state index contributed by atoms with van der Waals surface area (Å²) >= 11 is 0. The van der Waals surface area contributed by atoms with Crippen LogP contribution in [-0.2, 0) is 13.2 Å². The van der Waals surface area contributed by atoms with Crippen LogP contribution in [0.2, 0.25) is 0 Å². The van der Waals surface area contributed by atoms with Crippen LogP contribution in [-0.4, -0.2) is 36.9 Å². The van der Waals surface area contributed by atoms with Crippen LogP contribution >= 0.6 is 0 Å². The van der Waals surface area contributed by atoms with Crippen LogP contribution < -0.4 is 0 Å². The van der Waals surface area contributed by atoms with Gasteiger partial charge in [-0.1, -0.05) is 6.07 Å². The summed E-state index contributed by atoms with van der Waals surface area (Å²) in [5.74, 6) is -0.149. The quantitative estimate of drug-likeness (QED) is 0.665. The van der Waals surface area contributed by atoms with Crippen molar-refractivity contribution in [1.82, 2.24) is 24.5 Å². The summed E-state index contributed by atoms with van der Waals surface area (Å²) in [5, 5.41) is 7.80. The van der Waals surface area contributed by atoms with Gasteiger partial charge in [0.1, 0.15) is 0 Å². The Morgan fingerprint density at radius 3 is 2.72 bits per heavy atom. The molecule has 1 atom stereocenters. The molecule has 29 heavy (non-hydrogen) atoms. The number of benzene rings is 1. The smallest absolute Gasteiger partial charge is 0.331 e. The first-order valence-electron chi connectivity index (χ1n) is 9.36. The summed E-state index contributed by atoms with van der Waals surface area (Å²) in [6, 6.07) is 7.38. The third-order valence-corrected chi connectivity index (χ3v) is 5.11. The molecule has 0 saturated carbocycles. The van der Waals surface area contributed by atoms with E-state index in [1.54, 1.807) is 35.1 Å². The first-order chi connectivity index (χ1) is 13.8. The number of rotatable bonds is 3. The molecule has 152 valence electrons. The maximum atomic E-state index is 13.2. The molecule has 1 aliphatic rings. The van der Waals surface area contributed by atoms with E-state index in [9.17, 15) is 18.0 Å². The van der Waals surface area contributed by atoms with Crippen molar-refractivity contribution in [1.29, 1.82) is 0 Å².